The number of hydrogen-bond donors (Lipinski definition) is 2. The van der Waals surface area contributed by atoms with Gasteiger partial charge in [0.05, 0.1) is 17.1 Å². The lowest BCUT2D eigenvalue weighted by atomic mass is 10.2. The standard InChI is InChI=1S/C13H16N4O/c1-9-3-4-12(11(14)7-9)15-13(18)8-17-6-5-10(2)16-17/h3-7H,8,14H2,1-2H3,(H,15,18). The molecule has 0 aliphatic rings. The molecule has 94 valence electrons. The zero-order valence-electron chi connectivity index (χ0n) is 10.5. The number of rotatable bonds is 3. The number of benzene rings is 1. The first kappa shape index (κ1) is 12.2. The van der Waals surface area contributed by atoms with Gasteiger partial charge in [0.1, 0.15) is 6.54 Å². The van der Waals surface area contributed by atoms with Crippen molar-refractivity contribution in [1.82, 2.24) is 9.78 Å². The van der Waals surface area contributed by atoms with E-state index in [1.807, 2.05) is 32.0 Å². The van der Waals surface area contributed by atoms with Gasteiger partial charge in [-0.05, 0) is 37.6 Å². The second kappa shape index (κ2) is 4.91. The van der Waals surface area contributed by atoms with Gasteiger partial charge in [-0.2, -0.15) is 5.10 Å². The van der Waals surface area contributed by atoms with Crippen LogP contribution >= 0.6 is 0 Å². The average molecular weight is 244 g/mol. The second-order valence-electron chi connectivity index (χ2n) is 4.29. The first-order chi connectivity index (χ1) is 8.54. The SMILES string of the molecule is Cc1ccc(NC(=O)Cn2ccc(C)n2)c(N)c1. The van der Waals surface area contributed by atoms with Crippen molar-refractivity contribution in [3.63, 3.8) is 0 Å². The molecule has 0 radical (unpaired) electrons. The summed E-state index contributed by atoms with van der Waals surface area (Å²) in [4.78, 5) is 11.8. The van der Waals surface area contributed by atoms with Crippen LogP contribution in [0.15, 0.2) is 30.5 Å². The third-order valence-corrected chi connectivity index (χ3v) is 2.56. The van der Waals surface area contributed by atoms with Gasteiger partial charge < -0.3 is 11.1 Å². The van der Waals surface area contributed by atoms with E-state index in [9.17, 15) is 4.79 Å². The smallest absolute Gasteiger partial charge is 0.246 e. The summed E-state index contributed by atoms with van der Waals surface area (Å²) < 4.78 is 1.59. The molecule has 1 aromatic carbocycles. The monoisotopic (exact) mass is 244 g/mol. The van der Waals surface area contributed by atoms with Crippen LogP contribution in [0.25, 0.3) is 0 Å². The van der Waals surface area contributed by atoms with E-state index in [2.05, 4.69) is 10.4 Å². The third-order valence-electron chi connectivity index (χ3n) is 2.56. The van der Waals surface area contributed by atoms with Crippen molar-refractivity contribution in [2.24, 2.45) is 0 Å². The fourth-order valence-electron chi connectivity index (χ4n) is 1.68. The maximum absolute atomic E-state index is 11.8. The highest BCUT2D eigenvalue weighted by Crippen LogP contribution is 2.19. The van der Waals surface area contributed by atoms with E-state index in [-0.39, 0.29) is 12.5 Å². The van der Waals surface area contributed by atoms with E-state index < -0.39 is 0 Å². The number of anilines is 2. The molecule has 5 heteroatoms. The van der Waals surface area contributed by atoms with E-state index in [1.54, 1.807) is 16.9 Å². The number of carbonyl (C=O) groups excluding carboxylic acids is 1. The summed E-state index contributed by atoms with van der Waals surface area (Å²) in [6, 6.07) is 7.39. The molecule has 1 aromatic heterocycles. The van der Waals surface area contributed by atoms with Crippen molar-refractivity contribution in [3.05, 3.63) is 41.7 Å². The maximum Gasteiger partial charge on any atom is 0.246 e. The van der Waals surface area contributed by atoms with Crippen LogP contribution in [0, 0.1) is 13.8 Å². The molecule has 0 bridgehead atoms. The minimum Gasteiger partial charge on any atom is -0.397 e. The molecule has 3 N–H and O–H groups in total. The summed E-state index contributed by atoms with van der Waals surface area (Å²) in [6.45, 7) is 4.02. The number of nitrogens with zero attached hydrogens (tertiary/aromatic N) is 2. The van der Waals surface area contributed by atoms with Crippen molar-refractivity contribution in [2.75, 3.05) is 11.1 Å². The number of amides is 1. The summed E-state index contributed by atoms with van der Waals surface area (Å²) in [5.41, 5.74) is 8.98. The minimum atomic E-state index is -0.145. The zero-order valence-corrected chi connectivity index (χ0v) is 10.5. The first-order valence-corrected chi connectivity index (χ1v) is 5.70. The average Bonchev–Trinajstić information content (AvgIpc) is 2.68. The number of carbonyl (C=O) groups is 1. The van der Waals surface area contributed by atoms with Crippen molar-refractivity contribution in [2.45, 2.75) is 20.4 Å². The highest BCUT2D eigenvalue weighted by molar-refractivity contribution is 5.93. The van der Waals surface area contributed by atoms with Gasteiger partial charge in [0.25, 0.3) is 0 Å². The maximum atomic E-state index is 11.8. The van der Waals surface area contributed by atoms with E-state index in [0.717, 1.165) is 11.3 Å². The molecule has 0 aliphatic carbocycles. The number of nitrogen functional groups attached to an aromatic ring is 1. The molecule has 2 rings (SSSR count). The Labute approximate surface area is 106 Å². The Morgan fingerprint density at radius 1 is 1.39 bits per heavy atom. The molecule has 5 nitrogen and oxygen atoms in total. The fraction of sp³-hybridized carbons (Fsp3) is 0.231. The molecular weight excluding hydrogens is 228 g/mol. The van der Waals surface area contributed by atoms with Crippen LogP contribution in [0.5, 0.6) is 0 Å². The summed E-state index contributed by atoms with van der Waals surface area (Å²) in [7, 11) is 0. The Kier molecular flexibility index (Phi) is 3.32. The highest BCUT2D eigenvalue weighted by Gasteiger charge is 2.06. The van der Waals surface area contributed by atoms with Crippen LogP contribution in [-0.4, -0.2) is 15.7 Å². The predicted octanol–water partition coefficient (Wildman–Crippen LogP) is 1.72. The van der Waals surface area contributed by atoms with Crippen LogP contribution in [0.1, 0.15) is 11.3 Å². The van der Waals surface area contributed by atoms with E-state index >= 15 is 0 Å². The number of nitrogens with one attached hydrogen (secondary N) is 1. The van der Waals surface area contributed by atoms with Crippen LogP contribution < -0.4 is 11.1 Å². The molecule has 0 aliphatic heterocycles. The Bertz CT molecular complexity index is 574. The molecule has 0 fully saturated rings. The van der Waals surface area contributed by atoms with Gasteiger partial charge in [0.2, 0.25) is 5.91 Å². The lowest BCUT2D eigenvalue weighted by molar-refractivity contribution is -0.116. The second-order valence-corrected chi connectivity index (χ2v) is 4.29. The summed E-state index contributed by atoms with van der Waals surface area (Å²) in [5.74, 6) is -0.145. The topological polar surface area (TPSA) is 72.9 Å². The summed E-state index contributed by atoms with van der Waals surface area (Å²) in [6.07, 6.45) is 1.77. The van der Waals surface area contributed by atoms with E-state index in [0.29, 0.717) is 11.4 Å². The lowest BCUT2D eigenvalue weighted by Gasteiger charge is -2.08. The molecule has 1 heterocycles. The van der Waals surface area contributed by atoms with Crippen LogP contribution in [-0.2, 0) is 11.3 Å². The molecule has 0 saturated heterocycles. The van der Waals surface area contributed by atoms with Crippen LogP contribution in [0.4, 0.5) is 11.4 Å². The van der Waals surface area contributed by atoms with E-state index in [4.69, 9.17) is 5.73 Å². The summed E-state index contributed by atoms with van der Waals surface area (Å²) >= 11 is 0. The zero-order chi connectivity index (χ0) is 13.1. The predicted molar refractivity (Wildman–Crippen MR) is 71.2 cm³/mol. The highest BCUT2D eigenvalue weighted by atomic mass is 16.2. The molecule has 0 spiro atoms. The molecular formula is C13H16N4O. The van der Waals surface area contributed by atoms with Gasteiger partial charge in [0, 0.05) is 6.20 Å². The Morgan fingerprint density at radius 2 is 2.17 bits per heavy atom. The molecule has 18 heavy (non-hydrogen) atoms. The normalized spacial score (nSPS) is 10.3. The van der Waals surface area contributed by atoms with Gasteiger partial charge in [0.15, 0.2) is 0 Å². The third kappa shape index (κ3) is 2.88. The van der Waals surface area contributed by atoms with Gasteiger partial charge in [-0.25, -0.2) is 0 Å². The van der Waals surface area contributed by atoms with Crippen LogP contribution in [0.2, 0.25) is 0 Å². The van der Waals surface area contributed by atoms with Gasteiger partial charge in [-0.3, -0.25) is 9.48 Å². The molecule has 1 amide bonds. The van der Waals surface area contributed by atoms with Crippen molar-refractivity contribution in [1.29, 1.82) is 0 Å². The number of hydrogen-bond acceptors (Lipinski definition) is 3. The fourth-order valence-corrected chi connectivity index (χ4v) is 1.68. The van der Waals surface area contributed by atoms with E-state index in [1.165, 1.54) is 0 Å². The largest absolute Gasteiger partial charge is 0.397 e. The Morgan fingerprint density at radius 3 is 2.78 bits per heavy atom. The molecule has 2 aromatic rings. The van der Waals surface area contributed by atoms with Gasteiger partial charge in [-0.1, -0.05) is 6.07 Å². The lowest BCUT2D eigenvalue weighted by Crippen LogP contribution is -2.19. The minimum absolute atomic E-state index is 0.145. The molecule has 0 saturated carbocycles. The van der Waals surface area contributed by atoms with Crippen LogP contribution in [0.3, 0.4) is 0 Å². The Balaban J connectivity index is 2.03. The van der Waals surface area contributed by atoms with Crippen molar-refractivity contribution in [3.8, 4) is 0 Å². The molecule has 0 unspecified atom stereocenters. The first-order valence-electron chi connectivity index (χ1n) is 5.70. The quantitative estimate of drug-likeness (QED) is 0.807. The van der Waals surface area contributed by atoms with Gasteiger partial charge in [-0.15, -0.1) is 0 Å². The van der Waals surface area contributed by atoms with Crippen molar-refractivity contribution >= 4 is 17.3 Å². The number of nitrogens with two attached hydrogens (primary N) is 1. The number of aryl methyl sites for hydroxylation is 2. The summed E-state index contributed by atoms with van der Waals surface area (Å²) in [5, 5.41) is 6.92. The number of aromatic nitrogens is 2. The van der Waals surface area contributed by atoms with Crippen molar-refractivity contribution < 1.29 is 4.79 Å². The molecule has 0 atom stereocenters. The Hall–Kier alpha value is -2.30. The van der Waals surface area contributed by atoms with Gasteiger partial charge >= 0.3 is 0 Å².